The Morgan fingerprint density at radius 3 is 2.58 bits per heavy atom. The van der Waals surface area contributed by atoms with E-state index in [9.17, 15) is 22.4 Å². The monoisotopic (exact) mass is 500 g/mol. The second kappa shape index (κ2) is 10.5. The molecule has 0 unspecified atom stereocenters. The van der Waals surface area contributed by atoms with Gasteiger partial charge in [0.25, 0.3) is 5.91 Å². The van der Waals surface area contributed by atoms with Crippen LogP contribution in [0.4, 0.5) is 10.1 Å². The molecule has 1 N–H and O–H groups in total. The third-order valence-electron chi connectivity index (χ3n) is 4.85. The lowest BCUT2D eigenvalue weighted by molar-refractivity contribution is -0.119. The SMILES string of the molecule is COc1cc(Cl)c(C)cc1NC(=O)COC(=O)c1cc(S(=O)(=O)N2CCOCC2)ccc1F. The summed E-state index contributed by atoms with van der Waals surface area (Å²) in [5, 5.41) is 2.96. The van der Waals surface area contributed by atoms with Crippen molar-refractivity contribution in [1.29, 1.82) is 0 Å². The summed E-state index contributed by atoms with van der Waals surface area (Å²) < 4.78 is 56.2. The summed E-state index contributed by atoms with van der Waals surface area (Å²) in [6.07, 6.45) is 0. The first-order valence-corrected chi connectivity index (χ1v) is 11.6. The van der Waals surface area contributed by atoms with Crippen LogP contribution in [0.2, 0.25) is 5.02 Å². The molecule has 0 aliphatic carbocycles. The van der Waals surface area contributed by atoms with Gasteiger partial charge in [0.2, 0.25) is 10.0 Å². The maximum absolute atomic E-state index is 14.2. The number of anilines is 1. The topological polar surface area (TPSA) is 111 Å². The lowest BCUT2D eigenvalue weighted by atomic mass is 10.2. The van der Waals surface area contributed by atoms with Gasteiger partial charge in [-0.1, -0.05) is 11.6 Å². The molecule has 3 rings (SSSR count). The van der Waals surface area contributed by atoms with E-state index in [4.69, 9.17) is 25.8 Å². The molecule has 1 aliphatic heterocycles. The summed E-state index contributed by atoms with van der Waals surface area (Å²) in [5.74, 6) is -2.56. The van der Waals surface area contributed by atoms with Crippen LogP contribution in [-0.2, 0) is 24.3 Å². The zero-order valence-corrected chi connectivity index (χ0v) is 19.5. The Morgan fingerprint density at radius 2 is 1.91 bits per heavy atom. The van der Waals surface area contributed by atoms with Crippen molar-refractivity contribution < 1.29 is 36.6 Å². The molecule has 2 aromatic carbocycles. The van der Waals surface area contributed by atoms with Crippen molar-refractivity contribution in [2.24, 2.45) is 0 Å². The van der Waals surface area contributed by atoms with Gasteiger partial charge in [-0.05, 0) is 36.8 Å². The Balaban J connectivity index is 1.70. The summed E-state index contributed by atoms with van der Waals surface area (Å²) >= 11 is 6.03. The average molecular weight is 501 g/mol. The predicted molar refractivity (Wildman–Crippen MR) is 118 cm³/mol. The summed E-state index contributed by atoms with van der Waals surface area (Å²) in [5.41, 5.74) is 0.396. The number of ether oxygens (including phenoxy) is 3. The summed E-state index contributed by atoms with van der Waals surface area (Å²) in [6.45, 7) is 1.77. The van der Waals surface area contributed by atoms with E-state index in [1.807, 2.05) is 0 Å². The van der Waals surface area contributed by atoms with Gasteiger partial charge in [-0.25, -0.2) is 17.6 Å². The quantitative estimate of drug-likeness (QED) is 0.582. The van der Waals surface area contributed by atoms with Gasteiger partial charge in [0, 0.05) is 24.2 Å². The number of nitrogens with one attached hydrogen (secondary N) is 1. The molecule has 0 spiro atoms. The number of halogens is 2. The second-order valence-electron chi connectivity index (χ2n) is 7.08. The highest BCUT2D eigenvalue weighted by Gasteiger charge is 2.28. The number of methoxy groups -OCH3 is 1. The molecule has 0 bridgehead atoms. The van der Waals surface area contributed by atoms with Crippen molar-refractivity contribution in [2.45, 2.75) is 11.8 Å². The van der Waals surface area contributed by atoms with E-state index in [1.165, 1.54) is 17.5 Å². The van der Waals surface area contributed by atoms with Gasteiger partial charge in [-0.3, -0.25) is 4.79 Å². The fourth-order valence-electron chi connectivity index (χ4n) is 3.08. The molecule has 1 amide bonds. The minimum Gasteiger partial charge on any atom is -0.495 e. The molecule has 0 saturated carbocycles. The largest absolute Gasteiger partial charge is 0.495 e. The maximum Gasteiger partial charge on any atom is 0.341 e. The lowest BCUT2D eigenvalue weighted by Crippen LogP contribution is -2.40. The van der Waals surface area contributed by atoms with E-state index in [0.717, 1.165) is 18.2 Å². The fraction of sp³-hybridized carbons (Fsp3) is 0.333. The van der Waals surface area contributed by atoms with E-state index in [0.29, 0.717) is 22.0 Å². The third-order valence-corrected chi connectivity index (χ3v) is 7.16. The van der Waals surface area contributed by atoms with Crippen molar-refractivity contribution in [3.05, 3.63) is 52.3 Å². The van der Waals surface area contributed by atoms with Crippen LogP contribution in [0.3, 0.4) is 0 Å². The molecule has 1 saturated heterocycles. The number of amides is 1. The highest BCUT2D eigenvalue weighted by molar-refractivity contribution is 7.89. The number of sulfonamides is 1. The Morgan fingerprint density at radius 1 is 1.21 bits per heavy atom. The Bertz CT molecular complexity index is 1170. The molecule has 12 heteroatoms. The van der Waals surface area contributed by atoms with E-state index < -0.39 is 39.9 Å². The van der Waals surface area contributed by atoms with Gasteiger partial charge >= 0.3 is 5.97 Å². The Kier molecular flexibility index (Phi) is 7.90. The Labute approximate surface area is 195 Å². The molecule has 1 heterocycles. The minimum atomic E-state index is -3.95. The first-order valence-electron chi connectivity index (χ1n) is 9.82. The molecule has 1 aliphatic rings. The van der Waals surface area contributed by atoms with Crippen molar-refractivity contribution in [3.8, 4) is 5.75 Å². The van der Waals surface area contributed by atoms with Crippen LogP contribution in [0.1, 0.15) is 15.9 Å². The number of aryl methyl sites for hydroxylation is 1. The molecule has 0 aromatic heterocycles. The molecule has 178 valence electrons. The van der Waals surface area contributed by atoms with Gasteiger partial charge in [0.15, 0.2) is 6.61 Å². The number of carbonyl (C=O) groups excluding carboxylic acids is 2. The van der Waals surface area contributed by atoms with Gasteiger partial charge in [-0.15, -0.1) is 0 Å². The number of benzene rings is 2. The number of nitrogens with zero attached hydrogens (tertiary/aromatic N) is 1. The molecular weight excluding hydrogens is 479 g/mol. The number of rotatable bonds is 7. The summed E-state index contributed by atoms with van der Waals surface area (Å²) in [6, 6.07) is 5.94. The highest BCUT2D eigenvalue weighted by atomic mass is 35.5. The van der Waals surface area contributed by atoms with Crippen LogP contribution in [0.5, 0.6) is 5.75 Å². The predicted octanol–water partition coefficient (Wildman–Crippen LogP) is 2.61. The number of carbonyl (C=O) groups is 2. The molecule has 2 aromatic rings. The van der Waals surface area contributed by atoms with E-state index in [1.54, 1.807) is 13.0 Å². The van der Waals surface area contributed by atoms with Crippen LogP contribution >= 0.6 is 11.6 Å². The molecule has 9 nitrogen and oxygen atoms in total. The number of hydrogen-bond donors (Lipinski definition) is 1. The molecule has 0 radical (unpaired) electrons. The average Bonchev–Trinajstić information content (AvgIpc) is 2.80. The van der Waals surface area contributed by atoms with Crippen LogP contribution in [0.15, 0.2) is 35.2 Å². The van der Waals surface area contributed by atoms with Crippen molar-refractivity contribution in [3.63, 3.8) is 0 Å². The summed E-state index contributed by atoms with van der Waals surface area (Å²) in [7, 11) is -2.55. The first-order chi connectivity index (χ1) is 15.6. The van der Waals surface area contributed by atoms with Crippen LogP contribution < -0.4 is 10.1 Å². The zero-order valence-electron chi connectivity index (χ0n) is 17.9. The summed E-state index contributed by atoms with van der Waals surface area (Å²) in [4.78, 5) is 24.4. The number of esters is 1. The van der Waals surface area contributed by atoms with Crippen LogP contribution in [0.25, 0.3) is 0 Å². The normalized spacial score (nSPS) is 14.5. The molecule has 0 atom stereocenters. The smallest absolute Gasteiger partial charge is 0.341 e. The van der Waals surface area contributed by atoms with Gasteiger partial charge < -0.3 is 19.5 Å². The standard InChI is InChI=1S/C21H22ClFN2O7S/c1-13-9-18(19(30-2)11-16(13)22)24-20(26)12-32-21(27)15-10-14(3-4-17(15)23)33(28,29)25-5-7-31-8-6-25/h3-4,9-11H,5-8,12H2,1-2H3,(H,24,26). The zero-order chi connectivity index (χ0) is 24.2. The molecule has 1 fully saturated rings. The molecular formula is C21H22ClFN2O7S. The van der Waals surface area contributed by atoms with Gasteiger partial charge in [0.1, 0.15) is 11.6 Å². The highest BCUT2D eigenvalue weighted by Crippen LogP contribution is 2.31. The maximum atomic E-state index is 14.2. The van der Waals surface area contributed by atoms with E-state index >= 15 is 0 Å². The molecule has 33 heavy (non-hydrogen) atoms. The van der Waals surface area contributed by atoms with Crippen molar-refractivity contribution in [1.82, 2.24) is 4.31 Å². The van der Waals surface area contributed by atoms with Crippen molar-refractivity contribution in [2.75, 3.05) is 45.3 Å². The first kappa shape index (κ1) is 24.9. The van der Waals surface area contributed by atoms with Crippen LogP contribution in [-0.4, -0.2) is 64.6 Å². The minimum absolute atomic E-state index is 0.146. The third kappa shape index (κ3) is 5.80. The van der Waals surface area contributed by atoms with E-state index in [2.05, 4.69) is 5.32 Å². The van der Waals surface area contributed by atoms with E-state index in [-0.39, 0.29) is 31.2 Å². The van der Waals surface area contributed by atoms with Crippen LogP contribution in [0, 0.1) is 12.7 Å². The van der Waals surface area contributed by atoms with Crippen molar-refractivity contribution >= 4 is 39.2 Å². The lowest BCUT2D eigenvalue weighted by Gasteiger charge is -2.26. The number of hydrogen-bond acceptors (Lipinski definition) is 7. The fourth-order valence-corrected chi connectivity index (χ4v) is 4.67. The van der Waals surface area contributed by atoms with Gasteiger partial charge in [0.05, 0.1) is 36.5 Å². The second-order valence-corrected chi connectivity index (χ2v) is 9.43. The van der Waals surface area contributed by atoms with Gasteiger partial charge in [-0.2, -0.15) is 4.31 Å². The Hall–Kier alpha value is -2.73. The number of morpholine rings is 1.